The quantitative estimate of drug-likeness (QED) is 0.595. The van der Waals surface area contributed by atoms with E-state index >= 15 is 0 Å². The average Bonchev–Trinajstić information content (AvgIpc) is 2.68. The van der Waals surface area contributed by atoms with Gasteiger partial charge in [-0.3, -0.25) is 10.2 Å². The van der Waals surface area contributed by atoms with Gasteiger partial charge in [-0.1, -0.05) is 6.07 Å². The smallest absolute Gasteiger partial charge is 0.215 e. The molecule has 0 aliphatic rings. The highest BCUT2D eigenvalue weighted by atomic mass is 32.1. The first-order valence-corrected chi connectivity index (χ1v) is 5.75. The van der Waals surface area contributed by atoms with Crippen LogP contribution in [0.5, 0.6) is 11.5 Å². The topological polar surface area (TPSA) is 78.3 Å². The Kier molecular flexibility index (Phi) is 3.58. The van der Waals surface area contributed by atoms with Gasteiger partial charge in [0.2, 0.25) is 9.54 Å². The predicted molar refractivity (Wildman–Crippen MR) is 72.5 cm³/mol. The second-order valence-corrected chi connectivity index (χ2v) is 4.09. The van der Waals surface area contributed by atoms with Gasteiger partial charge >= 0.3 is 0 Å². The van der Waals surface area contributed by atoms with Crippen LogP contribution >= 0.6 is 24.4 Å². The molecule has 18 heavy (non-hydrogen) atoms. The summed E-state index contributed by atoms with van der Waals surface area (Å²) in [5, 5.41) is 19.3. The maximum Gasteiger partial charge on any atom is 0.215 e. The lowest BCUT2D eigenvalue weighted by Crippen LogP contribution is -1.92. The summed E-state index contributed by atoms with van der Waals surface area (Å²) < 4.78 is 7.03. The van der Waals surface area contributed by atoms with Crippen LogP contribution in [0.2, 0.25) is 0 Å². The Morgan fingerprint density at radius 1 is 1.33 bits per heavy atom. The van der Waals surface area contributed by atoms with E-state index in [-0.39, 0.29) is 5.75 Å². The monoisotopic (exact) mass is 282 g/mol. The second kappa shape index (κ2) is 5.15. The number of phenolic OH excluding ortho intramolecular Hbond substituents is 1. The van der Waals surface area contributed by atoms with Crippen LogP contribution in [0.25, 0.3) is 0 Å². The van der Waals surface area contributed by atoms with E-state index in [0.717, 1.165) is 0 Å². The highest BCUT2D eigenvalue weighted by Crippen LogP contribution is 2.27. The van der Waals surface area contributed by atoms with Crippen LogP contribution in [-0.2, 0) is 0 Å². The zero-order chi connectivity index (χ0) is 13.1. The zero-order valence-electron chi connectivity index (χ0n) is 9.38. The molecule has 0 fully saturated rings. The summed E-state index contributed by atoms with van der Waals surface area (Å²) in [6.07, 6.45) is 1.45. The van der Waals surface area contributed by atoms with Gasteiger partial charge in [0.25, 0.3) is 0 Å². The van der Waals surface area contributed by atoms with Crippen LogP contribution in [0, 0.1) is 9.54 Å². The Balaban J connectivity index is 2.41. The van der Waals surface area contributed by atoms with Gasteiger partial charge in [-0.25, -0.2) is 0 Å². The number of aromatic hydroxyl groups is 1. The Morgan fingerprint density at radius 3 is 2.61 bits per heavy atom. The molecule has 94 valence electrons. The summed E-state index contributed by atoms with van der Waals surface area (Å²) in [5.41, 5.74) is 0.506. The van der Waals surface area contributed by atoms with Gasteiger partial charge in [-0.2, -0.15) is 9.78 Å². The molecule has 3 N–H and O–H groups in total. The van der Waals surface area contributed by atoms with Crippen molar-refractivity contribution in [3.05, 3.63) is 33.3 Å². The van der Waals surface area contributed by atoms with E-state index < -0.39 is 0 Å². The van der Waals surface area contributed by atoms with Gasteiger partial charge in [0.15, 0.2) is 11.5 Å². The van der Waals surface area contributed by atoms with Gasteiger partial charge in [-0.05, 0) is 36.6 Å². The zero-order valence-corrected chi connectivity index (χ0v) is 11.0. The Morgan fingerprint density at radius 2 is 2.00 bits per heavy atom. The van der Waals surface area contributed by atoms with E-state index in [1.54, 1.807) is 18.2 Å². The number of aromatic amines is 2. The third-order valence-electron chi connectivity index (χ3n) is 2.22. The van der Waals surface area contributed by atoms with E-state index in [1.807, 2.05) is 0 Å². The number of rotatable bonds is 3. The third kappa shape index (κ3) is 2.34. The number of nitrogens with one attached hydrogen (secondary N) is 2. The van der Waals surface area contributed by atoms with E-state index in [2.05, 4.69) is 15.3 Å². The maximum absolute atomic E-state index is 9.86. The molecule has 0 bridgehead atoms. The molecule has 0 atom stereocenters. The summed E-state index contributed by atoms with van der Waals surface area (Å²) in [6.45, 7) is 0. The normalized spacial score (nSPS) is 10.9. The fourth-order valence-electron chi connectivity index (χ4n) is 1.34. The Labute approximate surface area is 113 Å². The average molecular weight is 282 g/mol. The first-order chi connectivity index (χ1) is 8.63. The molecule has 0 spiro atoms. The van der Waals surface area contributed by atoms with Crippen molar-refractivity contribution in [3.8, 4) is 11.5 Å². The van der Waals surface area contributed by atoms with Gasteiger partial charge in [0, 0.05) is 5.56 Å². The number of para-hydroxylation sites is 1. The van der Waals surface area contributed by atoms with Crippen molar-refractivity contribution in [2.75, 3.05) is 7.11 Å². The van der Waals surface area contributed by atoms with Crippen LogP contribution in [0.1, 0.15) is 5.56 Å². The molecule has 2 aromatic rings. The molecule has 0 saturated carbocycles. The van der Waals surface area contributed by atoms with Crippen LogP contribution in [0.3, 0.4) is 0 Å². The molecule has 0 aliphatic carbocycles. The number of hydrogen-bond donors (Lipinski definition) is 3. The number of phenols is 1. The summed E-state index contributed by atoms with van der Waals surface area (Å²) in [6, 6.07) is 5.10. The van der Waals surface area contributed by atoms with Crippen molar-refractivity contribution < 1.29 is 9.84 Å². The lowest BCUT2D eigenvalue weighted by atomic mass is 10.2. The summed E-state index contributed by atoms with van der Waals surface area (Å²) in [4.78, 5) is 0. The van der Waals surface area contributed by atoms with Gasteiger partial charge in [0.1, 0.15) is 0 Å². The molecular formula is C10H10N4O2S2. The molecule has 1 aromatic heterocycles. The number of methoxy groups -OCH3 is 1. The molecule has 1 aromatic carbocycles. The van der Waals surface area contributed by atoms with E-state index in [4.69, 9.17) is 29.2 Å². The maximum atomic E-state index is 9.86. The fourth-order valence-corrected chi connectivity index (χ4v) is 1.77. The standard InChI is InChI=1S/C10H10N4O2S2/c1-16-7-4-2-3-6(8(7)15)5-11-14-9(17)12-13-10(14)18/h2-5,15H,1H3,(H,12,17)(H,13,18)/b11-5+. The minimum absolute atomic E-state index is 0.0145. The van der Waals surface area contributed by atoms with Gasteiger partial charge in [-0.15, -0.1) is 0 Å². The number of hydrogen-bond acceptors (Lipinski definition) is 5. The Bertz CT molecular complexity index is 671. The van der Waals surface area contributed by atoms with Crippen molar-refractivity contribution in [3.63, 3.8) is 0 Å². The van der Waals surface area contributed by atoms with E-state index in [0.29, 0.717) is 20.9 Å². The molecule has 2 rings (SSSR count). The molecule has 8 heteroatoms. The van der Waals surface area contributed by atoms with Crippen molar-refractivity contribution in [1.82, 2.24) is 14.9 Å². The SMILES string of the molecule is COc1cccc(/C=N/n2c(=S)[nH][nH]c2=S)c1O. The third-order valence-corrected chi connectivity index (χ3v) is 2.77. The molecule has 1 heterocycles. The predicted octanol–water partition coefficient (Wildman–Crippen LogP) is 2.20. The second-order valence-electron chi connectivity index (χ2n) is 3.31. The molecule has 0 amide bonds. The number of nitrogens with zero attached hydrogens (tertiary/aromatic N) is 2. The molecule has 6 nitrogen and oxygen atoms in total. The lowest BCUT2D eigenvalue weighted by Gasteiger charge is -2.04. The largest absolute Gasteiger partial charge is 0.504 e. The fraction of sp³-hybridized carbons (Fsp3) is 0.100. The van der Waals surface area contributed by atoms with E-state index in [1.165, 1.54) is 18.0 Å². The molecule has 0 aliphatic heterocycles. The number of H-pyrrole nitrogens is 2. The van der Waals surface area contributed by atoms with Crippen LogP contribution in [0.15, 0.2) is 23.3 Å². The minimum atomic E-state index is 0.0145. The van der Waals surface area contributed by atoms with Crippen LogP contribution in [-0.4, -0.2) is 33.3 Å². The molecule has 0 saturated heterocycles. The van der Waals surface area contributed by atoms with Gasteiger partial charge < -0.3 is 9.84 Å². The number of ether oxygens (including phenoxy) is 1. The number of aromatic nitrogens is 3. The highest BCUT2D eigenvalue weighted by molar-refractivity contribution is 7.72. The van der Waals surface area contributed by atoms with Crippen molar-refractivity contribution in [1.29, 1.82) is 0 Å². The molecule has 0 radical (unpaired) electrons. The molecular weight excluding hydrogens is 272 g/mol. The first-order valence-electron chi connectivity index (χ1n) is 4.93. The molecule has 0 unspecified atom stereocenters. The Hall–Kier alpha value is -1.93. The van der Waals surface area contributed by atoms with Crippen molar-refractivity contribution in [2.24, 2.45) is 5.10 Å². The number of benzene rings is 1. The van der Waals surface area contributed by atoms with Crippen molar-refractivity contribution >= 4 is 30.7 Å². The summed E-state index contributed by atoms with van der Waals surface area (Å²) >= 11 is 9.96. The van der Waals surface area contributed by atoms with Gasteiger partial charge in [0.05, 0.1) is 13.3 Å². The van der Waals surface area contributed by atoms with Crippen LogP contribution in [0.4, 0.5) is 0 Å². The summed E-state index contributed by atoms with van der Waals surface area (Å²) in [7, 11) is 1.48. The minimum Gasteiger partial charge on any atom is -0.504 e. The first kappa shape index (κ1) is 12.5. The van der Waals surface area contributed by atoms with Crippen molar-refractivity contribution in [2.45, 2.75) is 0 Å². The highest BCUT2D eigenvalue weighted by Gasteiger charge is 2.04. The lowest BCUT2D eigenvalue weighted by molar-refractivity contribution is 0.373. The van der Waals surface area contributed by atoms with E-state index in [9.17, 15) is 5.11 Å². The summed E-state index contributed by atoms with van der Waals surface area (Å²) in [5.74, 6) is 0.391. The van der Waals surface area contributed by atoms with Crippen LogP contribution < -0.4 is 4.74 Å².